The van der Waals surface area contributed by atoms with Gasteiger partial charge in [-0.3, -0.25) is 9.79 Å². The number of nitrogens with one attached hydrogen (secondary N) is 1. The highest BCUT2D eigenvalue weighted by Crippen LogP contribution is 2.34. The second-order valence-electron chi connectivity index (χ2n) is 9.04. The molecule has 6 rings (SSSR count). The van der Waals surface area contributed by atoms with Crippen molar-refractivity contribution in [2.45, 2.75) is 10.5 Å². The Labute approximate surface area is 235 Å². The first-order valence-electron chi connectivity index (χ1n) is 12.3. The van der Waals surface area contributed by atoms with Crippen LogP contribution in [0.5, 0.6) is 0 Å². The lowest BCUT2D eigenvalue weighted by atomic mass is 9.97. The van der Waals surface area contributed by atoms with Gasteiger partial charge in [0.1, 0.15) is 0 Å². The second kappa shape index (κ2) is 10.7. The molecule has 0 aliphatic carbocycles. The fraction of sp³-hybridized carbons (Fsp3) is 0.0645. The van der Waals surface area contributed by atoms with Crippen molar-refractivity contribution >= 4 is 78.4 Å². The van der Waals surface area contributed by atoms with Crippen LogP contribution in [0.2, 0.25) is 0 Å². The van der Waals surface area contributed by atoms with Gasteiger partial charge >= 0.3 is 6.18 Å². The number of hydrogen-bond donors (Lipinski definition) is 1. The van der Waals surface area contributed by atoms with Gasteiger partial charge in [0, 0.05) is 17.5 Å². The molecule has 0 atom stereocenters. The number of fused-ring (bicyclic) bond motifs is 3. The first-order chi connectivity index (χ1) is 19.3. The topological polar surface area (TPSA) is 54.4 Å². The highest BCUT2D eigenvalue weighted by Gasteiger charge is 2.30. The van der Waals surface area contributed by atoms with Crippen molar-refractivity contribution in [3.63, 3.8) is 0 Å². The maximum absolute atomic E-state index is 12.9. The minimum Gasteiger partial charge on any atom is -0.325 e. The van der Waals surface area contributed by atoms with E-state index in [1.165, 1.54) is 35.2 Å². The molecule has 198 valence electrons. The Morgan fingerprint density at radius 2 is 1.62 bits per heavy atom. The lowest BCUT2D eigenvalue weighted by Crippen LogP contribution is -2.14. The van der Waals surface area contributed by atoms with E-state index in [2.05, 4.69) is 40.6 Å². The Morgan fingerprint density at radius 1 is 0.900 bits per heavy atom. The number of nitrogens with zero attached hydrogens (tertiary/aromatic N) is 2. The third-order valence-electron chi connectivity index (χ3n) is 6.31. The predicted molar refractivity (Wildman–Crippen MR) is 159 cm³/mol. The van der Waals surface area contributed by atoms with Crippen LogP contribution >= 0.6 is 23.1 Å². The van der Waals surface area contributed by atoms with E-state index in [-0.39, 0.29) is 11.4 Å². The van der Waals surface area contributed by atoms with Gasteiger partial charge in [0.05, 0.1) is 27.2 Å². The average molecular weight is 572 g/mol. The van der Waals surface area contributed by atoms with Crippen molar-refractivity contribution in [1.29, 1.82) is 0 Å². The van der Waals surface area contributed by atoms with Crippen LogP contribution in [-0.4, -0.2) is 22.9 Å². The minimum absolute atomic E-state index is 0.0230. The fourth-order valence-corrected chi connectivity index (χ4v) is 6.36. The van der Waals surface area contributed by atoms with E-state index in [1.807, 2.05) is 48.7 Å². The number of amides is 1. The summed E-state index contributed by atoms with van der Waals surface area (Å²) in [6, 6.07) is 29.0. The number of carbonyl (C=O) groups excluding carboxylic acids is 1. The number of hydrogen-bond acceptors (Lipinski definition) is 5. The Kier molecular flexibility index (Phi) is 7.00. The van der Waals surface area contributed by atoms with Crippen LogP contribution in [-0.2, 0) is 11.0 Å². The molecular weight excluding hydrogens is 551 g/mol. The number of benzene rings is 5. The van der Waals surface area contributed by atoms with Gasteiger partial charge in [-0.25, -0.2) is 4.98 Å². The van der Waals surface area contributed by atoms with Gasteiger partial charge in [-0.15, -0.1) is 11.3 Å². The summed E-state index contributed by atoms with van der Waals surface area (Å²) in [6.45, 7) is 0. The van der Waals surface area contributed by atoms with Gasteiger partial charge in [-0.1, -0.05) is 66.4 Å². The number of alkyl halides is 3. The highest BCUT2D eigenvalue weighted by molar-refractivity contribution is 8.01. The van der Waals surface area contributed by atoms with Gasteiger partial charge in [0.25, 0.3) is 0 Å². The first kappa shape index (κ1) is 26.0. The summed E-state index contributed by atoms with van der Waals surface area (Å²) < 4.78 is 40.4. The SMILES string of the molecule is O=C(CSc1nc2ccc(N=Cc3c4ccccc4cc4ccccc34)cc2s1)Nc1cccc(C(F)(F)F)c1. The molecule has 1 aromatic heterocycles. The summed E-state index contributed by atoms with van der Waals surface area (Å²) in [6.07, 6.45) is -2.57. The lowest BCUT2D eigenvalue weighted by Gasteiger charge is -2.09. The van der Waals surface area contributed by atoms with Gasteiger partial charge in [-0.2, -0.15) is 13.2 Å². The van der Waals surface area contributed by atoms with Crippen LogP contribution in [0.3, 0.4) is 0 Å². The van der Waals surface area contributed by atoms with Crippen LogP contribution in [0.1, 0.15) is 11.1 Å². The Morgan fingerprint density at radius 3 is 2.35 bits per heavy atom. The zero-order valence-electron chi connectivity index (χ0n) is 20.8. The molecule has 9 heteroatoms. The molecule has 40 heavy (non-hydrogen) atoms. The predicted octanol–water partition coefficient (Wildman–Crippen LogP) is 9.10. The van der Waals surface area contributed by atoms with Crippen LogP contribution in [0.15, 0.2) is 106 Å². The first-order valence-corrected chi connectivity index (χ1v) is 14.1. The third-order valence-corrected chi connectivity index (χ3v) is 8.47. The molecule has 0 aliphatic heterocycles. The molecule has 6 aromatic rings. The number of rotatable bonds is 6. The fourth-order valence-electron chi connectivity index (χ4n) is 4.46. The summed E-state index contributed by atoms with van der Waals surface area (Å²) in [5, 5.41) is 7.09. The molecule has 0 aliphatic rings. The molecule has 0 saturated heterocycles. The molecule has 0 saturated carbocycles. The molecule has 0 spiro atoms. The highest BCUT2D eigenvalue weighted by atomic mass is 32.2. The Balaban J connectivity index is 1.18. The summed E-state index contributed by atoms with van der Waals surface area (Å²) >= 11 is 2.68. The van der Waals surface area contributed by atoms with Crippen LogP contribution in [0.4, 0.5) is 24.5 Å². The molecule has 4 nitrogen and oxygen atoms in total. The minimum atomic E-state index is -4.47. The monoisotopic (exact) mass is 571 g/mol. The summed E-state index contributed by atoms with van der Waals surface area (Å²) in [4.78, 5) is 21.7. The van der Waals surface area contributed by atoms with Crippen molar-refractivity contribution in [3.05, 3.63) is 108 Å². The summed E-state index contributed by atoms with van der Waals surface area (Å²) in [5.41, 5.74) is 1.93. The average Bonchev–Trinajstić information content (AvgIpc) is 3.36. The molecule has 0 unspecified atom stereocenters. The van der Waals surface area contributed by atoms with Crippen molar-refractivity contribution in [3.8, 4) is 0 Å². The molecule has 1 amide bonds. The van der Waals surface area contributed by atoms with Gasteiger partial charge in [0.2, 0.25) is 5.91 Å². The Bertz CT molecular complexity index is 1860. The number of aliphatic imine (C=N–C) groups is 1. The van der Waals surface area contributed by atoms with E-state index in [0.717, 1.165) is 55.1 Å². The number of halogens is 3. The van der Waals surface area contributed by atoms with E-state index in [4.69, 9.17) is 4.99 Å². The van der Waals surface area contributed by atoms with Gasteiger partial charge in [0.15, 0.2) is 4.34 Å². The third kappa shape index (κ3) is 5.57. The maximum Gasteiger partial charge on any atom is 0.416 e. The summed E-state index contributed by atoms with van der Waals surface area (Å²) in [5.74, 6) is -0.383. The molecule has 5 aromatic carbocycles. The van der Waals surface area contributed by atoms with Crippen LogP contribution in [0, 0.1) is 0 Å². The standard InChI is InChI=1S/C31H20F3N3OS2/c32-31(33,34)21-8-5-9-23(15-21)36-29(38)18-39-30-37-27-13-12-22(16-28(27)40-30)35-17-26-24-10-3-1-6-19(24)14-20-7-2-4-11-25(20)26/h1-17H,18H2,(H,36,38). The van der Waals surface area contributed by atoms with E-state index >= 15 is 0 Å². The molecule has 0 fully saturated rings. The molecular formula is C31H20F3N3OS2. The normalized spacial score (nSPS) is 12.1. The van der Waals surface area contributed by atoms with Crippen LogP contribution in [0.25, 0.3) is 31.8 Å². The quantitative estimate of drug-likeness (QED) is 0.123. The second-order valence-corrected chi connectivity index (χ2v) is 11.3. The van der Waals surface area contributed by atoms with E-state index in [1.54, 1.807) is 0 Å². The maximum atomic E-state index is 12.9. The lowest BCUT2D eigenvalue weighted by molar-refractivity contribution is -0.137. The largest absolute Gasteiger partial charge is 0.416 e. The van der Waals surface area contributed by atoms with Crippen molar-refractivity contribution in [2.24, 2.45) is 4.99 Å². The molecule has 1 N–H and O–H groups in total. The Hall–Kier alpha value is -4.21. The van der Waals surface area contributed by atoms with Crippen LogP contribution < -0.4 is 5.32 Å². The molecule has 0 bridgehead atoms. The van der Waals surface area contributed by atoms with E-state index in [0.29, 0.717) is 4.34 Å². The zero-order chi connectivity index (χ0) is 27.7. The van der Waals surface area contributed by atoms with Crippen molar-refractivity contribution in [1.82, 2.24) is 4.98 Å². The van der Waals surface area contributed by atoms with Crippen molar-refractivity contribution < 1.29 is 18.0 Å². The number of thiazole rings is 1. The van der Waals surface area contributed by atoms with Gasteiger partial charge < -0.3 is 5.32 Å². The smallest absolute Gasteiger partial charge is 0.325 e. The van der Waals surface area contributed by atoms with E-state index in [9.17, 15) is 18.0 Å². The van der Waals surface area contributed by atoms with E-state index < -0.39 is 17.6 Å². The summed E-state index contributed by atoms with van der Waals surface area (Å²) in [7, 11) is 0. The number of anilines is 1. The number of aromatic nitrogens is 1. The zero-order valence-corrected chi connectivity index (χ0v) is 22.4. The van der Waals surface area contributed by atoms with Gasteiger partial charge in [-0.05, 0) is 64.0 Å². The molecule has 0 radical (unpaired) electrons. The number of carbonyl (C=O) groups is 1. The van der Waals surface area contributed by atoms with Crippen molar-refractivity contribution in [2.75, 3.05) is 11.1 Å². The molecule has 1 heterocycles. The number of thioether (sulfide) groups is 1.